The van der Waals surface area contributed by atoms with Crippen LogP contribution in [0.4, 0.5) is 0 Å². The summed E-state index contributed by atoms with van der Waals surface area (Å²) in [5, 5.41) is 13.2. The van der Waals surface area contributed by atoms with Crippen molar-refractivity contribution in [3.63, 3.8) is 0 Å². The highest BCUT2D eigenvalue weighted by atomic mass is 32.2. The van der Waals surface area contributed by atoms with E-state index < -0.39 is 0 Å². The minimum atomic E-state index is -0.113. The van der Waals surface area contributed by atoms with Crippen LogP contribution in [0.1, 0.15) is 50.5 Å². The quantitative estimate of drug-likeness (QED) is 0.762. The van der Waals surface area contributed by atoms with E-state index in [4.69, 9.17) is 0 Å². The number of nitriles is 1. The van der Waals surface area contributed by atoms with E-state index in [1.54, 1.807) is 11.8 Å². The van der Waals surface area contributed by atoms with Crippen molar-refractivity contribution in [2.45, 2.75) is 44.9 Å². The molecule has 4 heteroatoms. The van der Waals surface area contributed by atoms with Gasteiger partial charge in [-0.25, -0.2) is 0 Å². The topological polar surface area (TPSA) is 52.9 Å². The summed E-state index contributed by atoms with van der Waals surface area (Å²) < 4.78 is 0. The van der Waals surface area contributed by atoms with Crippen LogP contribution < -0.4 is 5.32 Å². The van der Waals surface area contributed by atoms with Crippen LogP contribution in [-0.2, 0) is 4.79 Å². The van der Waals surface area contributed by atoms with Crippen LogP contribution in [-0.4, -0.2) is 11.7 Å². The Labute approximate surface area is 136 Å². The van der Waals surface area contributed by atoms with Gasteiger partial charge < -0.3 is 5.32 Å². The fourth-order valence-electron chi connectivity index (χ4n) is 2.61. The van der Waals surface area contributed by atoms with Crippen molar-refractivity contribution in [2.24, 2.45) is 0 Å². The van der Waals surface area contributed by atoms with E-state index in [2.05, 4.69) is 18.3 Å². The molecule has 0 saturated carbocycles. The van der Waals surface area contributed by atoms with Gasteiger partial charge in [0.05, 0.1) is 16.7 Å². The lowest BCUT2D eigenvalue weighted by atomic mass is 9.87. The second-order valence-corrected chi connectivity index (χ2v) is 6.58. The first kappa shape index (κ1) is 16.6. The zero-order chi connectivity index (χ0) is 15.8. The van der Waals surface area contributed by atoms with Gasteiger partial charge in [0.15, 0.2) is 0 Å². The Balaban J connectivity index is 2.12. The molecule has 2 rings (SSSR count). The van der Waals surface area contributed by atoms with Crippen molar-refractivity contribution in [1.29, 1.82) is 5.26 Å². The Bertz CT molecular complexity index is 574. The molecule has 3 nitrogen and oxygen atoms in total. The van der Waals surface area contributed by atoms with E-state index in [0.717, 1.165) is 22.8 Å². The van der Waals surface area contributed by atoms with E-state index in [0.29, 0.717) is 12.0 Å². The number of thioether (sulfide) groups is 1. The number of unbranched alkanes of at least 4 members (excludes halogenated alkanes) is 3. The van der Waals surface area contributed by atoms with Crippen molar-refractivity contribution >= 4 is 17.7 Å². The minimum Gasteiger partial charge on any atom is -0.320 e. The first-order valence-electron chi connectivity index (χ1n) is 7.88. The minimum absolute atomic E-state index is 0.00362. The molecule has 0 aliphatic carbocycles. The highest BCUT2D eigenvalue weighted by molar-refractivity contribution is 8.03. The molecule has 1 N–H and O–H groups in total. The summed E-state index contributed by atoms with van der Waals surface area (Å²) in [6, 6.07) is 12.2. The van der Waals surface area contributed by atoms with Gasteiger partial charge in [0, 0.05) is 12.3 Å². The van der Waals surface area contributed by atoms with Crippen molar-refractivity contribution in [3.05, 3.63) is 46.5 Å². The number of benzene rings is 1. The average molecular weight is 314 g/mol. The standard InChI is InChI=1S/C18H22N2OS/c1-2-3-4-8-11-22-18-16(13-19)15(12-17(21)20-18)14-9-6-5-7-10-14/h5-7,9-10,15H,2-4,8,11-12H2,1H3,(H,20,21)/t15-/m0/s1. The van der Waals surface area contributed by atoms with Crippen molar-refractivity contribution in [1.82, 2.24) is 5.32 Å². The molecule has 0 bridgehead atoms. The van der Waals surface area contributed by atoms with Crippen LogP contribution in [0.5, 0.6) is 0 Å². The zero-order valence-corrected chi connectivity index (χ0v) is 13.8. The number of nitrogens with zero attached hydrogens (tertiary/aromatic N) is 1. The van der Waals surface area contributed by atoms with Gasteiger partial charge in [0.25, 0.3) is 0 Å². The largest absolute Gasteiger partial charge is 0.320 e. The Morgan fingerprint density at radius 2 is 2.05 bits per heavy atom. The lowest BCUT2D eigenvalue weighted by Crippen LogP contribution is -2.30. The van der Waals surface area contributed by atoms with E-state index in [1.807, 2.05) is 30.3 Å². The number of amides is 1. The number of hydrogen-bond acceptors (Lipinski definition) is 3. The molecule has 1 heterocycles. The maximum atomic E-state index is 12.0. The van der Waals surface area contributed by atoms with E-state index in [1.165, 1.54) is 19.3 Å². The molecule has 0 saturated heterocycles. The molecule has 22 heavy (non-hydrogen) atoms. The number of nitrogens with one attached hydrogen (secondary N) is 1. The van der Waals surface area contributed by atoms with Gasteiger partial charge in [-0.2, -0.15) is 5.26 Å². The Kier molecular flexibility index (Phi) is 6.54. The molecular formula is C18H22N2OS. The maximum Gasteiger partial charge on any atom is 0.225 e. The van der Waals surface area contributed by atoms with Gasteiger partial charge in [0.2, 0.25) is 5.91 Å². The predicted molar refractivity (Wildman–Crippen MR) is 91.2 cm³/mol. The third-order valence-electron chi connectivity index (χ3n) is 3.80. The molecule has 0 spiro atoms. The molecular weight excluding hydrogens is 292 g/mol. The molecule has 0 unspecified atom stereocenters. The smallest absolute Gasteiger partial charge is 0.225 e. The first-order valence-corrected chi connectivity index (χ1v) is 8.86. The van der Waals surface area contributed by atoms with E-state index >= 15 is 0 Å². The lowest BCUT2D eigenvalue weighted by Gasteiger charge is -2.25. The van der Waals surface area contributed by atoms with Crippen molar-refractivity contribution in [3.8, 4) is 6.07 Å². The van der Waals surface area contributed by atoms with Crippen LogP contribution in [0, 0.1) is 11.3 Å². The summed E-state index contributed by atoms with van der Waals surface area (Å²) in [6.07, 6.45) is 5.13. The maximum absolute atomic E-state index is 12.0. The highest BCUT2D eigenvalue weighted by Crippen LogP contribution is 2.35. The molecule has 1 aromatic rings. The molecule has 1 atom stereocenters. The SMILES string of the molecule is CCCCCCSC1=C(C#N)[C@H](c2ccccc2)CC(=O)N1. The van der Waals surface area contributed by atoms with Gasteiger partial charge in [-0.05, 0) is 17.7 Å². The summed E-state index contributed by atoms with van der Waals surface area (Å²) in [6.45, 7) is 2.19. The average Bonchev–Trinajstić information content (AvgIpc) is 2.55. The van der Waals surface area contributed by atoms with Gasteiger partial charge >= 0.3 is 0 Å². The number of hydrogen-bond donors (Lipinski definition) is 1. The Morgan fingerprint density at radius 1 is 1.27 bits per heavy atom. The molecule has 1 aromatic carbocycles. The summed E-state index contributed by atoms with van der Waals surface area (Å²) in [4.78, 5) is 12.0. The van der Waals surface area contributed by atoms with Gasteiger partial charge in [-0.1, -0.05) is 56.5 Å². The molecule has 0 fully saturated rings. The predicted octanol–water partition coefficient (Wildman–Crippen LogP) is 4.34. The fraction of sp³-hybridized carbons (Fsp3) is 0.444. The van der Waals surface area contributed by atoms with Crippen LogP contribution in [0.25, 0.3) is 0 Å². The van der Waals surface area contributed by atoms with Gasteiger partial charge in [-0.15, -0.1) is 11.8 Å². The monoisotopic (exact) mass is 314 g/mol. The van der Waals surface area contributed by atoms with E-state index in [9.17, 15) is 10.1 Å². The Morgan fingerprint density at radius 3 is 2.73 bits per heavy atom. The van der Waals surface area contributed by atoms with Gasteiger partial charge in [0.1, 0.15) is 0 Å². The van der Waals surface area contributed by atoms with E-state index in [-0.39, 0.29) is 11.8 Å². The summed E-state index contributed by atoms with van der Waals surface area (Å²) in [5.74, 6) is 0.837. The molecule has 1 aliphatic rings. The molecule has 1 amide bonds. The van der Waals surface area contributed by atoms with Crippen molar-refractivity contribution < 1.29 is 4.79 Å². The Hall–Kier alpha value is -1.73. The summed E-state index contributed by atoms with van der Waals surface area (Å²) >= 11 is 1.61. The number of allylic oxidation sites excluding steroid dienone is 1. The third kappa shape index (κ3) is 4.38. The number of carbonyl (C=O) groups excluding carboxylic acids is 1. The molecule has 0 radical (unpaired) electrons. The molecule has 116 valence electrons. The van der Waals surface area contributed by atoms with Crippen LogP contribution in [0.3, 0.4) is 0 Å². The first-order chi connectivity index (χ1) is 10.8. The molecule has 1 aliphatic heterocycles. The van der Waals surface area contributed by atoms with Crippen molar-refractivity contribution in [2.75, 3.05) is 5.75 Å². The normalized spacial score (nSPS) is 18.0. The zero-order valence-electron chi connectivity index (χ0n) is 13.0. The number of carbonyl (C=O) groups is 1. The second-order valence-electron chi connectivity index (χ2n) is 5.48. The fourth-order valence-corrected chi connectivity index (χ4v) is 3.69. The second kappa shape index (κ2) is 8.65. The summed E-state index contributed by atoms with van der Waals surface area (Å²) in [5.41, 5.74) is 1.74. The third-order valence-corrected chi connectivity index (χ3v) is 4.91. The number of rotatable bonds is 7. The molecule has 0 aromatic heterocycles. The highest BCUT2D eigenvalue weighted by Gasteiger charge is 2.29. The van der Waals surface area contributed by atoms with Crippen LogP contribution in [0.15, 0.2) is 40.9 Å². The summed E-state index contributed by atoms with van der Waals surface area (Å²) in [7, 11) is 0. The van der Waals surface area contributed by atoms with Crippen LogP contribution in [0.2, 0.25) is 0 Å². The van der Waals surface area contributed by atoms with Crippen LogP contribution >= 0.6 is 11.8 Å². The lowest BCUT2D eigenvalue weighted by molar-refractivity contribution is -0.120. The van der Waals surface area contributed by atoms with Gasteiger partial charge in [-0.3, -0.25) is 4.79 Å².